The van der Waals surface area contributed by atoms with Crippen molar-refractivity contribution in [3.8, 4) is 0 Å². The van der Waals surface area contributed by atoms with Crippen molar-refractivity contribution in [3.05, 3.63) is 11.0 Å². The van der Waals surface area contributed by atoms with Crippen molar-refractivity contribution < 1.29 is 16.3 Å². The Kier molecular flexibility index (Phi) is 6.91. The molecule has 0 bridgehead atoms. The summed E-state index contributed by atoms with van der Waals surface area (Å²) in [5.74, 6) is 0. The second-order valence-electron chi connectivity index (χ2n) is 7.94. The summed E-state index contributed by atoms with van der Waals surface area (Å²) >= 11 is -3.70. The Hall–Kier alpha value is 0.294. The van der Waals surface area contributed by atoms with Crippen LogP contribution in [0.15, 0.2) is 11.0 Å². The molecule has 0 saturated carbocycles. The average Bonchev–Trinajstić information content (AvgIpc) is 2.37. The van der Waals surface area contributed by atoms with Gasteiger partial charge in [-0.05, 0) is 0 Å². The number of hydrogen-bond donors (Lipinski definition) is 2. The normalized spacial score (nSPS) is 16.1. The Morgan fingerprint density at radius 2 is 1.14 bits per heavy atom. The molecule has 5 heteroatoms. The molecule has 0 radical (unpaired) electrons. The quantitative estimate of drug-likeness (QED) is 0.634. The number of nitrogens with zero attached hydrogens (tertiary/aromatic N) is 2. The Morgan fingerprint density at radius 1 is 0.857 bits per heavy atom. The first kappa shape index (κ1) is 21.3. The molecule has 0 rings (SSSR count). The minimum atomic E-state index is -3.70. The van der Waals surface area contributed by atoms with Crippen LogP contribution >= 0.6 is 0 Å². The summed E-state index contributed by atoms with van der Waals surface area (Å²) in [6.07, 6.45) is 2.13. The van der Waals surface area contributed by atoms with Crippen molar-refractivity contribution in [2.45, 2.75) is 65.5 Å². The topological polar surface area (TPSA) is 30.5 Å². The van der Waals surface area contributed by atoms with Gasteiger partial charge in [-0.2, -0.15) is 0 Å². The van der Waals surface area contributed by atoms with Gasteiger partial charge in [-0.1, -0.05) is 0 Å². The van der Waals surface area contributed by atoms with Gasteiger partial charge in [0.25, 0.3) is 0 Å². The molecule has 0 fully saturated rings. The third-order valence-corrected chi connectivity index (χ3v) is 15.7. The van der Waals surface area contributed by atoms with Crippen LogP contribution in [-0.4, -0.2) is 46.0 Å². The molecule has 0 amide bonds. The summed E-state index contributed by atoms with van der Waals surface area (Å²) < 4.78 is 14.9. The molecule has 0 heterocycles. The van der Waals surface area contributed by atoms with E-state index in [1.165, 1.54) is 0 Å². The molecule has 0 aliphatic carbocycles. The van der Waals surface area contributed by atoms with Crippen LogP contribution in [0, 0.1) is 0 Å². The van der Waals surface area contributed by atoms with Gasteiger partial charge in [-0.15, -0.1) is 0 Å². The molecule has 0 aliphatic heterocycles. The Balaban J connectivity index is 6.22. The van der Waals surface area contributed by atoms with E-state index in [-0.39, 0.29) is 11.1 Å². The van der Waals surface area contributed by atoms with Gasteiger partial charge in [0.2, 0.25) is 0 Å². The van der Waals surface area contributed by atoms with E-state index in [2.05, 4.69) is 95.1 Å². The van der Waals surface area contributed by atoms with E-state index in [1.807, 2.05) is 0 Å². The van der Waals surface area contributed by atoms with Gasteiger partial charge >= 0.3 is 135 Å². The van der Waals surface area contributed by atoms with Crippen LogP contribution in [0.25, 0.3) is 0 Å². The Labute approximate surface area is 135 Å². The van der Waals surface area contributed by atoms with Gasteiger partial charge in [0.05, 0.1) is 0 Å². The standard InChI is InChI=1S/2C5H12N.2C2H6N.C2H3.Ti/c2*1-4-5(2,3)6;2*1-3-2;1-2;/h2*6H,4H2,1-3H3;2*1-2H3;1H,2H2;/q4*-1;;+4. The summed E-state index contributed by atoms with van der Waals surface area (Å²) in [4.78, 5) is 0. The fraction of sp³-hybridized carbons (Fsp3) is 0.875. The maximum atomic E-state index is 4.26. The third-order valence-electron chi connectivity index (χ3n) is 5.14. The van der Waals surface area contributed by atoms with Crippen LogP contribution in [0.5, 0.6) is 0 Å². The van der Waals surface area contributed by atoms with Crippen molar-refractivity contribution in [2.24, 2.45) is 0 Å². The molecule has 21 heavy (non-hydrogen) atoms. The first-order valence-electron chi connectivity index (χ1n) is 8.05. The van der Waals surface area contributed by atoms with Gasteiger partial charge in [0.1, 0.15) is 0 Å². The van der Waals surface area contributed by atoms with Gasteiger partial charge in [-0.25, -0.2) is 0 Å². The van der Waals surface area contributed by atoms with Crippen molar-refractivity contribution in [1.29, 1.82) is 0 Å². The number of rotatable bonds is 9. The van der Waals surface area contributed by atoms with Crippen molar-refractivity contribution >= 4 is 0 Å². The summed E-state index contributed by atoms with van der Waals surface area (Å²) in [7, 11) is 8.65. The summed E-state index contributed by atoms with van der Waals surface area (Å²) in [6.45, 7) is 17.8. The molecule has 4 nitrogen and oxygen atoms in total. The van der Waals surface area contributed by atoms with Crippen LogP contribution in [0.4, 0.5) is 0 Å². The van der Waals surface area contributed by atoms with Gasteiger partial charge in [-0.3, -0.25) is 0 Å². The summed E-state index contributed by atoms with van der Waals surface area (Å²) in [6, 6.07) is 0. The molecule has 0 aromatic carbocycles. The van der Waals surface area contributed by atoms with Crippen LogP contribution in [0.2, 0.25) is 0 Å². The summed E-state index contributed by atoms with van der Waals surface area (Å²) in [5.41, 5.74) is 0.0769. The molecule has 0 aliphatic rings. The molecule has 0 spiro atoms. The second kappa shape index (κ2) is 6.82. The zero-order chi connectivity index (χ0) is 17.1. The Bertz CT molecular complexity index is 331. The fourth-order valence-corrected chi connectivity index (χ4v) is 11.8. The maximum absolute atomic E-state index is 4.26. The van der Waals surface area contributed by atoms with E-state index in [1.54, 1.807) is 0 Å². The zero-order valence-corrected chi connectivity index (χ0v) is 17.7. The number of hydrogen-bond acceptors (Lipinski definition) is 4. The molecule has 127 valence electrons. The van der Waals surface area contributed by atoms with E-state index in [0.717, 1.165) is 12.8 Å². The van der Waals surface area contributed by atoms with E-state index < -0.39 is 16.3 Å². The van der Waals surface area contributed by atoms with E-state index >= 15 is 0 Å². The minimum absolute atomic E-state index is 0.0384. The first-order chi connectivity index (χ1) is 9.31. The zero-order valence-electron chi connectivity index (χ0n) is 16.1. The van der Waals surface area contributed by atoms with Crippen molar-refractivity contribution in [1.82, 2.24) is 14.4 Å². The van der Waals surface area contributed by atoms with Crippen molar-refractivity contribution in [3.63, 3.8) is 0 Å². The Morgan fingerprint density at radius 3 is 1.29 bits per heavy atom. The molecule has 2 N–H and O–H groups in total. The molecule has 0 atom stereocenters. The van der Waals surface area contributed by atoms with E-state index in [0.29, 0.717) is 0 Å². The van der Waals surface area contributed by atoms with Crippen molar-refractivity contribution in [2.75, 3.05) is 28.2 Å². The molecular formula is C16H39N4Ti. The van der Waals surface area contributed by atoms with Gasteiger partial charge < -0.3 is 0 Å². The van der Waals surface area contributed by atoms with Crippen LogP contribution in [0.1, 0.15) is 54.4 Å². The van der Waals surface area contributed by atoms with Gasteiger partial charge in [0, 0.05) is 0 Å². The number of nitrogens with one attached hydrogen (secondary N) is 2. The van der Waals surface area contributed by atoms with Crippen LogP contribution in [0.3, 0.4) is 0 Å². The van der Waals surface area contributed by atoms with Crippen LogP contribution < -0.4 is 7.60 Å². The van der Waals surface area contributed by atoms with Gasteiger partial charge in [0.15, 0.2) is 0 Å². The average molecular weight is 335 g/mol. The first-order valence-corrected chi connectivity index (χ1v) is 11.9. The monoisotopic (exact) mass is 335 g/mol. The molecule has 0 unspecified atom stereocenters. The predicted molar refractivity (Wildman–Crippen MR) is 92.6 cm³/mol. The molecular weight excluding hydrogens is 296 g/mol. The third kappa shape index (κ3) is 4.18. The predicted octanol–water partition coefficient (Wildman–Crippen LogP) is 3.16. The molecule has 0 saturated heterocycles. The SMILES string of the molecule is C=[CH][Ti]([NH]C(C)(C)CC)([NH]C(C)(C)CC)([N](C)C)[N](C)C. The van der Waals surface area contributed by atoms with E-state index in [9.17, 15) is 0 Å². The second-order valence-corrected chi connectivity index (χ2v) is 16.0. The fourth-order valence-electron chi connectivity index (χ4n) is 2.86. The molecule has 0 aromatic heterocycles. The van der Waals surface area contributed by atoms with Crippen LogP contribution in [-0.2, 0) is 16.3 Å². The summed E-state index contributed by atoms with van der Waals surface area (Å²) in [5, 5.41) is 0. The van der Waals surface area contributed by atoms with E-state index in [4.69, 9.17) is 0 Å². The molecule has 0 aromatic rings.